The fraction of sp³-hybridized carbons (Fsp3) is 0.182. The zero-order valence-corrected chi connectivity index (χ0v) is 28.4. The summed E-state index contributed by atoms with van der Waals surface area (Å²) in [7, 11) is 1.65. The van der Waals surface area contributed by atoms with Crippen molar-refractivity contribution >= 4 is 0 Å². The molecule has 7 heteroatoms. The highest BCUT2D eigenvalue weighted by molar-refractivity contribution is 5.52. The summed E-state index contributed by atoms with van der Waals surface area (Å²) < 4.78 is 17.2. The monoisotopic (exact) mass is 680 g/mol. The number of phenolic OH excluding ortho intramolecular Hbond substituents is 4. The molecule has 0 fully saturated rings. The molecule has 51 heavy (non-hydrogen) atoms. The first-order valence-corrected chi connectivity index (χ1v) is 17.0. The van der Waals surface area contributed by atoms with Crippen LogP contribution >= 0.6 is 0 Å². The fourth-order valence-electron chi connectivity index (χ4n) is 7.22. The Balaban J connectivity index is 0.000000159. The van der Waals surface area contributed by atoms with Crippen LogP contribution in [0.15, 0.2) is 133 Å². The van der Waals surface area contributed by atoms with Crippen molar-refractivity contribution < 1.29 is 34.6 Å². The van der Waals surface area contributed by atoms with Gasteiger partial charge < -0.3 is 34.6 Å². The SMILES string of the molecule is COc1ccc(C2c3ccc(O)cc3OCC2c2ccc(O)cc2)cc1.Cc1ccc(C2COc3cc(O)ccc3C2c2ccc(O)cc2)cc1. The molecule has 2 aliphatic heterocycles. The van der Waals surface area contributed by atoms with Gasteiger partial charge in [-0.3, -0.25) is 0 Å². The van der Waals surface area contributed by atoms with Gasteiger partial charge in [0.2, 0.25) is 0 Å². The number of rotatable bonds is 5. The molecule has 6 aromatic carbocycles. The number of hydrogen-bond donors (Lipinski definition) is 4. The van der Waals surface area contributed by atoms with E-state index in [1.807, 2.05) is 48.5 Å². The van der Waals surface area contributed by atoms with Gasteiger partial charge in [-0.1, -0.05) is 78.4 Å². The molecule has 0 saturated heterocycles. The molecule has 4 atom stereocenters. The van der Waals surface area contributed by atoms with Crippen LogP contribution in [0.1, 0.15) is 62.6 Å². The minimum absolute atomic E-state index is 0.0785. The van der Waals surface area contributed by atoms with Crippen molar-refractivity contribution in [2.24, 2.45) is 0 Å². The van der Waals surface area contributed by atoms with Crippen LogP contribution in [0.5, 0.6) is 40.2 Å². The van der Waals surface area contributed by atoms with Gasteiger partial charge in [0.25, 0.3) is 0 Å². The van der Waals surface area contributed by atoms with Crippen LogP contribution in [-0.4, -0.2) is 40.7 Å². The summed E-state index contributed by atoms with van der Waals surface area (Å²) in [5, 5.41) is 38.8. The van der Waals surface area contributed by atoms with Gasteiger partial charge in [0, 0.05) is 46.9 Å². The predicted octanol–water partition coefficient (Wildman–Crippen LogP) is 9.13. The average Bonchev–Trinajstić information content (AvgIpc) is 3.15. The molecule has 2 heterocycles. The summed E-state index contributed by atoms with van der Waals surface area (Å²) in [6.07, 6.45) is 0. The van der Waals surface area contributed by atoms with Gasteiger partial charge >= 0.3 is 0 Å². The zero-order chi connectivity index (χ0) is 35.5. The first-order chi connectivity index (χ1) is 24.8. The zero-order valence-electron chi connectivity index (χ0n) is 28.4. The minimum atomic E-state index is 0.0785. The van der Waals surface area contributed by atoms with Crippen LogP contribution < -0.4 is 14.2 Å². The van der Waals surface area contributed by atoms with Crippen molar-refractivity contribution in [2.45, 2.75) is 30.6 Å². The van der Waals surface area contributed by atoms with Gasteiger partial charge in [-0.25, -0.2) is 0 Å². The van der Waals surface area contributed by atoms with E-state index < -0.39 is 0 Å². The molecule has 4 N–H and O–H groups in total. The fourth-order valence-corrected chi connectivity index (χ4v) is 7.22. The lowest BCUT2D eigenvalue weighted by atomic mass is 9.76. The molecule has 8 rings (SSSR count). The lowest BCUT2D eigenvalue weighted by Gasteiger charge is -2.34. The lowest BCUT2D eigenvalue weighted by Crippen LogP contribution is -2.25. The molecule has 0 saturated carbocycles. The van der Waals surface area contributed by atoms with Crippen molar-refractivity contribution in [1.82, 2.24) is 0 Å². The predicted molar refractivity (Wildman–Crippen MR) is 197 cm³/mol. The van der Waals surface area contributed by atoms with Crippen molar-refractivity contribution in [3.05, 3.63) is 172 Å². The van der Waals surface area contributed by atoms with Crippen LogP contribution in [0, 0.1) is 6.92 Å². The van der Waals surface area contributed by atoms with Gasteiger partial charge in [0.05, 0.1) is 20.3 Å². The van der Waals surface area contributed by atoms with Crippen molar-refractivity contribution in [2.75, 3.05) is 20.3 Å². The summed E-state index contributed by atoms with van der Waals surface area (Å²) in [6.45, 7) is 3.12. The molecule has 6 aromatic rings. The maximum absolute atomic E-state index is 9.80. The smallest absolute Gasteiger partial charge is 0.126 e. The van der Waals surface area contributed by atoms with E-state index in [0.29, 0.717) is 19.0 Å². The Morgan fingerprint density at radius 3 is 1.27 bits per heavy atom. The summed E-state index contributed by atoms with van der Waals surface area (Å²) in [6, 6.07) is 41.8. The third kappa shape index (κ3) is 7.15. The third-order valence-electron chi connectivity index (χ3n) is 9.86. The normalized spacial score (nSPS) is 18.9. The van der Waals surface area contributed by atoms with E-state index in [4.69, 9.17) is 14.2 Å². The second-order valence-corrected chi connectivity index (χ2v) is 13.1. The lowest BCUT2D eigenvalue weighted by molar-refractivity contribution is 0.247. The van der Waals surface area contributed by atoms with Gasteiger partial charge in [0.15, 0.2) is 0 Å². The Morgan fingerprint density at radius 1 is 0.471 bits per heavy atom. The number of methoxy groups -OCH3 is 1. The molecule has 258 valence electrons. The molecule has 0 spiro atoms. The summed E-state index contributed by atoms with van der Waals surface area (Å²) in [5.41, 5.74) is 7.92. The van der Waals surface area contributed by atoms with E-state index in [-0.39, 0.29) is 46.7 Å². The quantitative estimate of drug-likeness (QED) is 0.144. The molecule has 7 nitrogen and oxygen atoms in total. The summed E-state index contributed by atoms with van der Waals surface area (Å²) >= 11 is 0. The Morgan fingerprint density at radius 2 is 0.843 bits per heavy atom. The van der Waals surface area contributed by atoms with Gasteiger partial charge in [-0.15, -0.1) is 0 Å². The van der Waals surface area contributed by atoms with Crippen LogP contribution in [0.3, 0.4) is 0 Å². The van der Waals surface area contributed by atoms with E-state index in [1.54, 1.807) is 55.6 Å². The third-order valence-corrected chi connectivity index (χ3v) is 9.86. The Labute approximate surface area is 297 Å². The van der Waals surface area contributed by atoms with Crippen molar-refractivity contribution in [3.63, 3.8) is 0 Å². The van der Waals surface area contributed by atoms with E-state index in [9.17, 15) is 20.4 Å². The molecule has 0 radical (unpaired) electrons. The highest BCUT2D eigenvalue weighted by Crippen LogP contribution is 2.48. The number of ether oxygens (including phenoxy) is 3. The maximum Gasteiger partial charge on any atom is 0.126 e. The highest BCUT2D eigenvalue weighted by Gasteiger charge is 2.35. The van der Waals surface area contributed by atoms with Crippen molar-refractivity contribution in [3.8, 4) is 40.2 Å². The number of fused-ring (bicyclic) bond motifs is 2. The Bertz CT molecular complexity index is 2090. The van der Waals surface area contributed by atoms with Crippen LogP contribution in [0.25, 0.3) is 0 Å². The molecule has 0 amide bonds. The summed E-state index contributed by atoms with van der Waals surface area (Å²) in [4.78, 5) is 0. The second kappa shape index (κ2) is 14.4. The largest absolute Gasteiger partial charge is 0.508 e. The average molecular weight is 681 g/mol. The van der Waals surface area contributed by atoms with Crippen LogP contribution in [-0.2, 0) is 0 Å². The highest BCUT2D eigenvalue weighted by atomic mass is 16.5. The standard InChI is InChI=1S/C22H20O4.C22H20O3/c1-25-18-9-4-15(5-10-18)22-19-11-8-17(24)12-21(19)26-13-20(22)14-2-6-16(23)7-3-14;1-14-2-4-15(5-3-14)20-13-25-21-12-18(24)10-11-19(21)22(20)16-6-8-17(23)9-7-16/h2-12,20,22-24H,13H2,1H3;2-12,20,22-24H,13H2,1H3. The van der Waals surface area contributed by atoms with Crippen LogP contribution in [0.2, 0.25) is 0 Å². The molecule has 0 aromatic heterocycles. The molecular formula is C44H40O7. The Kier molecular flexibility index (Phi) is 9.45. The first-order valence-electron chi connectivity index (χ1n) is 17.0. The van der Waals surface area contributed by atoms with Gasteiger partial charge in [0.1, 0.15) is 40.2 Å². The van der Waals surface area contributed by atoms with E-state index in [2.05, 4.69) is 43.3 Å². The number of aryl methyl sites for hydroxylation is 1. The van der Waals surface area contributed by atoms with E-state index in [1.165, 1.54) is 11.1 Å². The molecular weight excluding hydrogens is 640 g/mol. The number of benzene rings is 6. The summed E-state index contributed by atoms with van der Waals surface area (Å²) in [5.74, 6) is 3.60. The van der Waals surface area contributed by atoms with Crippen LogP contribution in [0.4, 0.5) is 0 Å². The topological polar surface area (TPSA) is 109 Å². The van der Waals surface area contributed by atoms with Crippen molar-refractivity contribution in [1.29, 1.82) is 0 Å². The first kappa shape index (κ1) is 33.4. The van der Waals surface area contributed by atoms with E-state index in [0.717, 1.165) is 39.3 Å². The van der Waals surface area contributed by atoms with Gasteiger partial charge in [-0.2, -0.15) is 0 Å². The second-order valence-electron chi connectivity index (χ2n) is 13.1. The molecule has 4 unspecified atom stereocenters. The number of phenols is 4. The van der Waals surface area contributed by atoms with Gasteiger partial charge in [-0.05, 0) is 77.7 Å². The van der Waals surface area contributed by atoms with E-state index >= 15 is 0 Å². The number of aromatic hydroxyl groups is 4. The maximum atomic E-state index is 9.80. The number of hydrogen-bond acceptors (Lipinski definition) is 7. The Hall–Kier alpha value is -6.08. The molecule has 0 aliphatic carbocycles. The minimum Gasteiger partial charge on any atom is -0.508 e. The molecule has 2 aliphatic rings. The molecule has 0 bridgehead atoms.